The maximum atomic E-state index is 0. The van der Waals surface area contributed by atoms with Gasteiger partial charge >= 0.3 is 51.2 Å². The summed E-state index contributed by atoms with van der Waals surface area (Å²) in [7, 11) is 0. The molecule has 0 aromatic rings. The van der Waals surface area contributed by atoms with Gasteiger partial charge < -0.3 is 21.9 Å². The van der Waals surface area contributed by atoms with E-state index in [0.29, 0.717) is 0 Å². The average molecular weight is 236 g/mol. The van der Waals surface area contributed by atoms with Crippen LogP contribution in [0, 0.1) is 0 Å². The van der Waals surface area contributed by atoms with Gasteiger partial charge in [0.1, 0.15) is 0 Å². The molecule has 0 aliphatic heterocycles. The first-order valence-electron chi connectivity index (χ1n) is 0. The van der Waals surface area contributed by atoms with Crippen LogP contribution in [0.2, 0.25) is 0 Å². The predicted octanol–water partition coefficient (Wildman–Crippen LogP) is -0.715. The maximum Gasteiger partial charge on any atom is 3.00 e. The van der Waals surface area contributed by atoms with E-state index in [4.69, 9.17) is 0 Å². The van der Waals surface area contributed by atoms with Crippen LogP contribution in [-0.4, -0.2) is 21.9 Å². The topological polar surface area (TPSA) is 120 Å². The first-order valence-corrected chi connectivity index (χ1v) is 0. The van der Waals surface area contributed by atoms with E-state index in [1.807, 2.05) is 0 Å². The fourth-order valence-electron chi connectivity index (χ4n) is 0. The van der Waals surface area contributed by atoms with Crippen molar-refractivity contribution in [3.8, 4) is 0 Å². The summed E-state index contributed by atoms with van der Waals surface area (Å²) in [6.45, 7) is 0. The van der Waals surface area contributed by atoms with E-state index in [1.54, 1.807) is 0 Å². The molecule has 0 amide bonds. The van der Waals surface area contributed by atoms with Crippen LogP contribution in [0.25, 0.3) is 0 Å². The third kappa shape index (κ3) is 110. The Morgan fingerprint density at radius 3 is 0.286 bits per heavy atom. The molecule has 4 nitrogen and oxygen atoms in total. The van der Waals surface area contributed by atoms with Crippen molar-refractivity contribution in [3.05, 3.63) is 0 Å². The Balaban J connectivity index is 0. The summed E-state index contributed by atoms with van der Waals surface area (Å²) in [5.74, 6) is 0. The Morgan fingerprint density at radius 2 is 0.286 bits per heavy atom. The fourth-order valence-corrected chi connectivity index (χ4v) is 0. The van der Waals surface area contributed by atoms with Crippen molar-refractivity contribution < 1.29 is 73.1 Å². The fraction of sp³-hybridized carbons (Fsp3) is 0. The zero-order valence-corrected chi connectivity index (χ0v) is 6.16. The van der Waals surface area contributed by atoms with Gasteiger partial charge in [0, 0.05) is 0 Å². The molecule has 7 heavy (non-hydrogen) atoms. The van der Waals surface area contributed by atoms with Gasteiger partial charge in [0.25, 0.3) is 0 Å². The predicted molar refractivity (Wildman–Crippen MR) is 7.74 cm³/mol. The number of hydrogen-bond acceptors (Lipinski definition) is 4. The monoisotopic (exact) mass is 236 g/mol. The van der Waals surface area contributed by atoms with Gasteiger partial charge in [0.2, 0.25) is 0 Å². The second kappa shape index (κ2) is 155. The Labute approximate surface area is 73.1 Å². The molecule has 0 aliphatic carbocycles. The minimum absolute atomic E-state index is 0. The van der Waals surface area contributed by atoms with E-state index >= 15 is 0 Å². The molecular formula is H4Fe3O4+5. The Hall–Kier alpha value is 1.40. The number of hydrogen-bond donors (Lipinski definition) is 0. The molecule has 0 spiro atoms. The minimum Gasteiger partial charge on any atom is -0.870 e. The molecule has 0 heterocycles. The standard InChI is InChI=1S/3Fe.4H2O/h;;;4*1H2/q3*+3;;;;/p-4. The van der Waals surface area contributed by atoms with Gasteiger partial charge in [-0.1, -0.05) is 0 Å². The average Bonchev–Trinajstić information content (AvgIpc) is 0. The summed E-state index contributed by atoms with van der Waals surface area (Å²) in [6, 6.07) is 0. The van der Waals surface area contributed by atoms with Crippen molar-refractivity contribution in [3.63, 3.8) is 0 Å². The molecule has 0 aliphatic rings. The molecule has 0 bridgehead atoms. The van der Waals surface area contributed by atoms with Gasteiger partial charge in [-0.2, -0.15) is 0 Å². The van der Waals surface area contributed by atoms with E-state index in [-0.39, 0.29) is 73.1 Å². The molecule has 0 atom stereocenters. The largest absolute Gasteiger partial charge is 3.00 e. The van der Waals surface area contributed by atoms with Crippen molar-refractivity contribution in [1.82, 2.24) is 0 Å². The summed E-state index contributed by atoms with van der Waals surface area (Å²) >= 11 is 0. The summed E-state index contributed by atoms with van der Waals surface area (Å²) in [6.07, 6.45) is 0. The molecule has 47 valence electrons. The van der Waals surface area contributed by atoms with Crippen molar-refractivity contribution >= 4 is 0 Å². The molecule has 0 unspecified atom stereocenters. The summed E-state index contributed by atoms with van der Waals surface area (Å²) in [5.41, 5.74) is 0. The molecule has 0 aromatic carbocycles. The summed E-state index contributed by atoms with van der Waals surface area (Å²) in [5, 5.41) is 0. The van der Waals surface area contributed by atoms with Gasteiger partial charge in [-0.3, -0.25) is 0 Å². The van der Waals surface area contributed by atoms with Crippen LogP contribution in [0.3, 0.4) is 0 Å². The first-order chi connectivity index (χ1) is 0. The second-order valence-electron chi connectivity index (χ2n) is 0. The van der Waals surface area contributed by atoms with Crippen LogP contribution in [0.15, 0.2) is 0 Å². The zero-order chi connectivity index (χ0) is 0. The van der Waals surface area contributed by atoms with Crippen molar-refractivity contribution in [2.45, 2.75) is 0 Å². The van der Waals surface area contributed by atoms with Gasteiger partial charge in [0.15, 0.2) is 0 Å². The van der Waals surface area contributed by atoms with Crippen LogP contribution in [0.1, 0.15) is 0 Å². The van der Waals surface area contributed by atoms with Gasteiger partial charge in [-0.05, 0) is 0 Å². The molecule has 7 heteroatoms. The molecule has 4 N–H and O–H groups in total. The smallest absolute Gasteiger partial charge is 0.870 e. The van der Waals surface area contributed by atoms with Crippen molar-refractivity contribution in [1.29, 1.82) is 0 Å². The van der Waals surface area contributed by atoms with Gasteiger partial charge in [0.05, 0.1) is 0 Å². The van der Waals surface area contributed by atoms with E-state index < -0.39 is 0 Å². The van der Waals surface area contributed by atoms with Crippen molar-refractivity contribution in [2.24, 2.45) is 0 Å². The van der Waals surface area contributed by atoms with E-state index in [0.717, 1.165) is 0 Å². The van der Waals surface area contributed by atoms with Gasteiger partial charge in [-0.15, -0.1) is 0 Å². The third-order valence-electron chi connectivity index (χ3n) is 0. The van der Waals surface area contributed by atoms with Crippen LogP contribution >= 0.6 is 0 Å². The van der Waals surface area contributed by atoms with E-state index in [2.05, 4.69) is 0 Å². The summed E-state index contributed by atoms with van der Waals surface area (Å²) in [4.78, 5) is 0. The quantitative estimate of drug-likeness (QED) is 0.515. The second-order valence-corrected chi connectivity index (χ2v) is 0. The molecule has 0 rings (SSSR count). The summed E-state index contributed by atoms with van der Waals surface area (Å²) < 4.78 is 0. The molecule has 0 saturated carbocycles. The maximum absolute atomic E-state index is 0. The molecule has 0 aromatic heterocycles. The molecule has 0 saturated heterocycles. The minimum atomic E-state index is 0. The van der Waals surface area contributed by atoms with Crippen LogP contribution in [-0.2, 0) is 51.2 Å². The third-order valence-corrected chi connectivity index (χ3v) is 0. The van der Waals surface area contributed by atoms with Crippen LogP contribution < -0.4 is 0 Å². The van der Waals surface area contributed by atoms with E-state index in [1.165, 1.54) is 0 Å². The Bertz CT molecular complexity index is 6.90. The van der Waals surface area contributed by atoms with Gasteiger partial charge in [-0.25, -0.2) is 0 Å². The Kier molecular flexibility index (Phi) is 5200. The Morgan fingerprint density at radius 1 is 0.286 bits per heavy atom. The number of rotatable bonds is 0. The van der Waals surface area contributed by atoms with Crippen LogP contribution in [0.5, 0.6) is 0 Å². The zero-order valence-electron chi connectivity index (χ0n) is 2.85. The molecule has 0 fully saturated rings. The van der Waals surface area contributed by atoms with Crippen molar-refractivity contribution in [2.75, 3.05) is 0 Å². The first kappa shape index (κ1) is 235. The molecular weight excluding hydrogens is 232 g/mol. The SMILES string of the molecule is [Fe+3].[Fe+3].[Fe+3].[OH-].[OH-].[OH-].[OH-]. The molecule has 3 radical (unpaired) electrons. The van der Waals surface area contributed by atoms with Crippen LogP contribution in [0.4, 0.5) is 0 Å². The van der Waals surface area contributed by atoms with E-state index in [9.17, 15) is 0 Å². The normalized spacial score (nSPS) is 0.